The molecule has 13 heteroatoms. The van der Waals surface area contributed by atoms with Gasteiger partial charge in [-0.1, -0.05) is 42.5 Å². The molecule has 2 aromatic carbocycles. The summed E-state index contributed by atoms with van der Waals surface area (Å²) in [6, 6.07) is 28.1. The molecule has 0 aliphatic rings. The van der Waals surface area contributed by atoms with Gasteiger partial charge < -0.3 is 27.8 Å². The van der Waals surface area contributed by atoms with Gasteiger partial charge >= 0.3 is 0 Å². The first-order chi connectivity index (χ1) is 22.6. The normalized spacial score (nSPS) is 10.9. The van der Waals surface area contributed by atoms with E-state index in [0.717, 1.165) is 20.9 Å². The number of nitrogen functional groups attached to an aromatic ring is 3. The molecule has 0 saturated heterocycles. The highest BCUT2D eigenvalue weighted by Crippen LogP contribution is 2.29. The fourth-order valence-corrected chi connectivity index (χ4v) is 6.23. The van der Waals surface area contributed by atoms with Crippen LogP contribution < -0.4 is 27.8 Å². The molecule has 0 radical (unpaired) electrons. The minimum atomic E-state index is -0.457. The van der Waals surface area contributed by atoms with Gasteiger partial charge in [-0.2, -0.15) is 0 Å². The first-order valence-electron chi connectivity index (χ1n) is 14.5. The molecule has 0 atom stereocenters. The predicted molar refractivity (Wildman–Crippen MR) is 188 cm³/mol. The quantitative estimate of drug-likeness (QED) is 0.126. The number of hydrogen-bond acceptors (Lipinski definition) is 11. The van der Waals surface area contributed by atoms with Crippen molar-refractivity contribution in [2.45, 2.75) is 25.9 Å². The van der Waals surface area contributed by atoms with Crippen LogP contribution in [0.2, 0.25) is 0 Å². The van der Waals surface area contributed by atoms with E-state index in [2.05, 4.69) is 30.6 Å². The van der Waals surface area contributed by atoms with Crippen molar-refractivity contribution in [3.63, 3.8) is 0 Å². The molecule has 4 heterocycles. The van der Waals surface area contributed by atoms with Gasteiger partial charge in [-0.3, -0.25) is 9.59 Å². The monoisotopic (exact) mass is 663 g/mol. The van der Waals surface area contributed by atoms with Gasteiger partial charge in [0.05, 0.1) is 36.4 Å². The van der Waals surface area contributed by atoms with E-state index in [9.17, 15) is 9.59 Å². The van der Waals surface area contributed by atoms with Gasteiger partial charge in [0.2, 0.25) is 11.9 Å². The maximum atomic E-state index is 12.6. The lowest BCUT2D eigenvalue weighted by atomic mass is 9.94. The smallest absolute Gasteiger partial charge is 0.262 e. The Labute approximate surface area is 280 Å². The minimum absolute atomic E-state index is 0.109. The second kappa shape index (κ2) is 14.6. The Morgan fingerprint density at radius 2 is 1.28 bits per heavy atom. The van der Waals surface area contributed by atoms with Crippen LogP contribution in [0.15, 0.2) is 103 Å². The van der Waals surface area contributed by atoms with E-state index in [1.54, 1.807) is 36.7 Å². The zero-order valence-corrected chi connectivity index (χ0v) is 27.3. The summed E-state index contributed by atoms with van der Waals surface area (Å²) in [5.74, 6) is 0.188. The van der Waals surface area contributed by atoms with E-state index in [-0.39, 0.29) is 23.7 Å². The van der Waals surface area contributed by atoms with Crippen LogP contribution in [-0.2, 0) is 12.1 Å². The molecule has 6 rings (SSSR count). The number of hydrogen-bond donors (Lipinski definition) is 5. The fraction of sp³-hybridized carbons (Fsp3) is 0.118. The lowest BCUT2D eigenvalue weighted by molar-refractivity contribution is 0.0914. The van der Waals surface area contributed by atoms with Crippen molar-refractivity contribution >= 4 is 52.1 Å². The summed E-state index contributed by atoms with van der Waals surface area (Å²) < 4.78 is 0. The van der Waals surface area contributed by atoms with Gasteiger partial charge in [-0.25, -0.2) is 19.9 Å². The average Bonchev–Trinajstić information content (AvgIpc) is 3.76. The van der Waals surface area contributed by atoms with Gasteiger partial charge in [0, 0.05) is 24.6 Å². The molecule has 0 bridgehead atoms. The van der Waals surface area contributed by atoms with Crippen molar-refractivity contribution in [1.29, 1.82) is 0 Å². The summed E-state index contributed by atoms with van der Waals surface area (Å²) in [4.78, 5) is 43.9. The van der Waals surface area contributed by atoms with E-state index >= 15 is 0 Å². The third-order valence-electron chi connectivity index (χ3n) is 6.84. The van der Waals surface area contributed by atoms with E-state index in [0.29, 0.717) is 33.4 Å². The fourth-order valence-electron chi connectivity index (χ4n) is 4.46. The molecule has 0 aliphatic heterocycles. The molecule has 8 N–H and O–H groups in total. The maximum Gasteiger partial charge on any atom is 0.262 e. The Morgan fingerprint density at radius 3 is 1.83 bits per heavy atom. The first kappa shape index (κ1) is 32.7. The Kier molecular flexibility index (Phi) is 10.2. The van der Waals surface area contributed by atoms with E-state index < -0.39 is 5.54 Å². The van der Waals surface area contributed by atoms with Crippen molar-refractivity contribution in [2.24, 2.45) is 0 Å². The second-order valence-electron chi connectivity index (χ2n) is 10.8. The number of amides is 2. The molecular formula is C34H33N9O2S2. The summed E-state index contributed by atoms with van der Waals surface area (Å²) in [6.45, 7) is 4.40. The highest BCUT2D eigenvalue weighted by molar-refractivity contribution is 7.17. The largest absolute Gasteiger partial charge is 0.399 e. The second-order valence-corrected chi connectivity index (χ2v) is 13.0. The molecule has 11 nitrogen and oxygen atoms in total. The predicted octanol–water partition coefficient (Wildman–Crippen LogP) is 5.75. The lowest BCUT2D eigenvalue weighted by Gasteiger charge is -2.26. The van der Waals surface area contributed by atoms with Crippen LogP contribution in [0, 0.1) is 0 Å². The van der Waals surface area contributed by atoms with E-state index in [1.807, 2.05) is 80.6 Å². The molecule has 0 saturated carbocycles. The average molecular weight is 664 g/mol. The number of nitrogens with one attached hydrogen (secondary N) is 2. The van der Waals surface area contributed by atoms with Gasteiger partial charge in [-0.15, -0.1) is 22.7 Å². The summed E-state index contributed by atoms with van der Waals surface area (Å²) in [5.41, 5.74) is 20.6. The van der Waals surface area contributed by atoms with Crippen molar-refractivity contribution in [1.82, 2.24) is 30.6 Å². The molecule has 0 fully saturated rings. The van der Waals surface area contributed by atoms with Crippen molar-refractivity contribution in [2.75, 3.05) is 17.2 Å². The Morgan fingerprint density at radius 1 is 0.702 bits per heavy atom. The van der Waals surface area contributed by atoms with Crippen molar-refractivity contribution in [3.05, 3.63) is 124 Å². The first-order valence-corrected chi connectivity index (χ1v) is 16.1. The number of benzene rings is 2. The standard InChI is InChI=1S/C18H18N4OS.C16H15N5OS/c1-18(2,12-6-4-3-5-7-12)22-16(23)15-9-8-14(24-15)13-10-11-20-17(19)21-13;17-11-3-1-2-10(8-11)9-20-15(22)14-5-4-13(23-14)12-6-7-19-16(18)21-12/h3-11H,1-2H3,(H,22,23)(H2,19,20,21);1-8H,9,17H2,(H,20,22)(H2,18,19,21). The van der Waals surface area contributed by atoms with Crippen molar-refractivity contribution in [3.8, 4) is 21.1 Å². The molecule has 0 spiro atoms. The number of nitrogens with two attached hydrogens (primary N) is 3. The van der Waals surface area contributed by atoms with Crippen LogP contribution in [0.5, 0.6) is 0 Å². The maximum absolute atomic E-state index is 12.6. The SMILES string of the molecule is CC(C)(NC(=O)c1ccc(-c2ccnc(N)n2)s1)c1ccccc1.Nc1cccc(CNC(=O)c2ccc(-c3ccnc(N)n3)s2)c1. The molecule has 0 aliphatic carbocycles. The van der Waals surface area contributed by atoms with Gasteiger partial charge in [0.15, 0.2) is 0 Å². The Bertz CT molecular complexity index is 1990. The number of rotatable bonds is 8. The van der Waals surface area contributed by atoms with E-state index in [1.165, 1.54) is 22.7 Å². The summed E-state index contributed by atoms with van der Waals surface area (Å²) >= 11 is 2.74. The van der Waals surface area contributed by atoms with Gasteiger partial charge in [0.25, 0.3) is 11.8 Å². The number of aromatic nitrogens is 4. The minimum Gasteiger partial charge on any atom is -0.399 e. The number of carbonyl (C=O) groups excluding carboxylic acids is 2. The van der Waals surface area contributed by atoms with Crippen LogP contribution in [0.3, 0.4) is 0 Å². The molecule has 0 unspecified atom stereocenters. The van der Waals surface area contributed by atoms with Gasteiger partial charge in [0.1, 0.15) is 0 Å². The molecule has 47 heavy (non-hydrogen) atoms. The molecule has 6 aromatic rings. The zero-order chi connectivity index (χ0) is 33.4. The number of nitrogens with zero attached hydrogens (tertiary/aromatic N) is 4. The highest BCUT2D eigenvalue weighted by Gasteiger charge is 2.24. The number of thiophene rings is 2. The van der Waals surface area contributed by atoms with Crippen LogP contribution >= 0.6 is 22.7 Å². The molecule has 238 valence electrons. The molecular weight excluding hydrogens is 631 g/mol. The third kappa shape index (κ3) is 8.75. The third-order valence-corrected chi connectivity index (χ3v) is 9.05. The summed E-state index contributed by atoms with van der Waals surface area (Å²) in [5, 5.41) is 5.96. The van der Waals surface area contributed by atoms with Crippen LogP contribution in [-0.4, -0.2) is 31.8 Å². The summed E-state index contributed by atoms with van der Waals surface area (Å²) in [6.07, 6.45) is 3.20. The van der Waals surface area contributed by atoms with Crippen LogP contribution in [0.4, 0.5) is 17.6 Å². The zero-order valence-electron chi connectivity index (χ0n) is 25.7. The Balaban J connectivity index is 0.000000185. The molecule has 4 aromatic heterocycles. The van der Waals surface area contributed by atoms with Crippen LogP contribution in [0.1, 0.15) is 44.3 Å². The number of carbonyl (C=O) groups is 2. The Hall–Kier alpha value is -5.66. The molecule has 2 amide bonds. The topological polar surface area (TPSA) is 188 Å². The van der Waals surface area contributed by atoms with Crippen LogP contribution in [0.25, 0.3) is 21.1 Å². The van der Waals surface area contributed by atoms with Gasteiger partial charge in [-0.05, 0) is 73.5 Å². The highest BCUT2D eigenvalue weighted by atomic mass is 32.1. The van der Waals surface area contributed by atoms with Crippen molar-refractivity contribution < 1.29 is 9.59 Å². The van der Waals surface area contributed by atoms with E-state index in [4.69, 9.17) is 17.2 Å². The lowest BCUT2D eigenvalue weighted by Crippen LogP contribution is -2.40. The summed E-state index contributed by atoms with van der Waals surface area (Å²) in [7, 11) is 0. The number of anilines is 3.